The van der Waals surface area contributed by atoms with E-state index in [1.165, 1.54) is 0 Å². The molecule has 3 nitrogen and oxygen atoms in total. The Balaban J connectivity index is 2.41. The smallest absolute Gasteiger partial charge is 0.224 e. The summed E-state index contributed by atoms with van der Waals surface area (Å²) in [6.07, 6.45) is 3.93. The number of aromatic nitrogens is 1. The molecule has 4 heteroatoms. The number of aryl methyl sites for hydroxylation is 1. The molecule has 0 atom stereocenters. The van der Waals surface area contributed by atoms with Gasteiger partial charge in [-0.25, -0.2) is 0 Å². The van der Waals surface area contributed by atoms with Crippen LogP contribution in [-0.2, 0) is 4.79 Å². The first kappa shape index (κ1) is 12.0. The van der Waals surface area contributed by atoms with Gasteiger partial charge in [0.05, 0.1) is 11.4 Å². The van der Waals surface area contributed by atoms with E-state index in [-0.39, 0.29) is 5.91 Å². The summed E-state index contributed by atoms with van der Waals surface area (Å²) in [6, 6.07) is 3.66. The number of unbranched alkanes of at least 4 members (excludes halogenated alkanes) is 1. The summed E-state index contributed by atoms with van der Waals surface area (Å²) in [6.45, 7) is 1.87. The highest BCUT2D eigenvalue weighted by Gasteiger charge is 2.03. The lowest BCUT2D eigenvalue weighted by atomic mass is 10.2. The number of anilines is 1. The second-order valence-corrected chi connectivity index (χ2v) is 3.71. The normalized spacial score (nSPS) is 10.0. The molecule has 1 N–H and O–H groups in total. The van der Waals surface area contributed by atoms with Crippen LogP contribution in [0.3, 0.4) is 0 Å². The third-order valence-corrected chi connectivity index (χ3v) is 2.34. The third-order valence-electron chi connectivity index (χ3n) is 2.07. The van der Waals surface area contributed by atoms with E-state index in [0.29, 0.717) is 12.3 Å². The molecule has 0 spiro atoms. The molecule has 82 valence electrons. The molecule has 0 aromatic carbocycles. The van der Waals surface area contributed by atoms with Gasteiger partial charge in [-0.1, -0.05) is 0 Å². The van der Waals surface area contributed by atoms with E-state index < -0.39 is 0 Å². The third kappa shape index (κ3) is 4.30. The number of hydrogen-bond donors (Lipinski definition) is 1. The molecule has 15 heavy (non-hydrogen) atoms. The van der Waals surface area contributed by atoms with E-state index in [4.69, 9.17) is 11.6 Å². The summed E-state index contributed by atoms with van der Waals surface area (Å²) >= 11 is 5.53. The number of hydrogen-bond acceptors (Lipinski definition) is 2. The molecule has 0 aliphatic heterocycles. The van der Waals surface area contributed by atoms with Crippen LogP contribution in [0.4, 0.5) is 5.69 Å². The zero-order valence-corrected chi connectivity index (χ0v) is 9.55. The quantitative estimate of drug-likeness (QED) is 0.620. The number of carbonyl (C=O) groups excluding carboxylic acids is 1. The average Bonchev–Trinajstić information content (AvgIpc) is 2.22. The zero-order chi connectivity index (χ0) is 11.1. The van der Waals surface area contributed by atoms with Gasteiger partial charge in [0.25, 0.3) is 0 Å². The molecule has 0 radical (unpaired) electrons. The Labute approximate surface area is 94.9 Å². The van der Waals surface area contributed by atoms with Crippen molar-refractivity contribution in [2.75, 3.05) is 11.2 Å². The van der Waals surface area contributed by atoms with Crippen molar-refractivity contribution in [1.82, 2.24) is 4.98 Å². The van der Waals surface area contributed by atoms with Crippen LogP contribution in [0, 0.1) is 6.92 Å². The number of alkyl halides is 1. The number of nitrogens with zero attached hydrogens (tertiary/aromatic N) is 1. The molecule has 1 aromatic heterocycles. The van der Waals surface area contributed by atoms with E-state index in [1.807, 2.05) is 13.0 Å². The van der Waals surface area contributed by atoms with Crippen LogP contribution in [0.1, 0.15) is 25.0 Å². The molecule has 0 bridgehead atoms. The lowest BCUT2D eigenvalue weighted by molar-refractivity contribution is -0.116. The predicted octanol–water partition coefficient (Wildman–Crippen LogP) is 2.74. The van der Waals surface area contributed by atoms with Gasteiger partial charge < -0.3 is 5.32 Å². The standard InChI is InChI=1S/C11H15ClN2O/c1-9-10(5-4-8-13-9)14-11(15)6-2-3-7-12/h4-5,8H,2-3,6-7H2,1H3,(H,14,15). The number of nitrogens with one attached hydrogen (secondary N) is 1. The van der Waals surface area contributed by atoms with E-state index in [1.54, 1.807) is 12.3 Å². The van der Waals surface area contributed by atoms with Crippen LogP contribution in [-0.4, -0.2) is 16.8 Å². The van der Waals surface area contributed by atoms with Gasteiger partial charge in [0, 0.05) is 18.5 Å². The number of amides is 1. The molecule has 0 aliphatic carbocycles. The number of carbonyl (C=O) groups is 1. The highest BCUT2D eigenvalue weighted by atomic mass is 35.5. The van der Waals surface area contributed by atoms with Gasteiger partial charge in [0.1, 0.15) is 0 Å². The SMILES string of the molecule is Cc1ncccc1NC(=O)CCCCCl. The Morgan fingerprint density at radius 2 is 2.33 bits per heavy atom. The van der Waals surface area contributed by atoms with Gasteiger partial charge in [-0.15, -0.1) is 11.6 Å². The maximum absolute atomic E-state index is 11.5. The minimum absolute atomic E-state index is 0.0243. The molecule has 0 fully saturated rings. The Hall–Kier alpha value is -1.09. The van der Waals surface area contributed by atoms with Crippen molar-refractivity contribution in [3.63, 3.8) is 0 Å². The molecular weight excluding hydrogens is 212 g/mol. The summed E-state index contributed by atoms with van der Waals surface area (Å²) in [5, 5.41) is 2.82. The first-order valence-electron chi connectivity index (χ1n) is 5.01. The second-order valence-electron chi connectivity index (χ2n) is 3.33. The van der Waals surface area contributed by atoms with Crippen molar-refractivity contribution < 1.29 is 4.79 Å². The molecular formula is C11H15ClN2O. The van der Waals surface area contributed by atoms with Crippen LogP contribution in [0.25, 0.3) is 0 Å². The average molecular weight is 227 g/mol. The first-order chi connectivity index (χ1) is 7.24. The Morgan fingerprint density at radius 3 is 3.00 bits per heavy atom. The number of halogens is 1. The fourth-order valence-corrected chi connectivity index (χ4v) is 1.40. The number of rotatable bonds is 5. The highest BCUT2D eigenvalue weighted by molar-refractivity contribution is 6.17. The lowest BCUT2D eigenvalue weighted by Gasteiger charge is -2.06. The van der Waals surface area contributed by atoms with Gasteiger partial charge in [0.15, 0.2) is 0 Å². The second kappa shape index (κ2) is 6.40. The minimum Gasteiger partial charge on any atom is -0.325 e. The largest absolute Gasteiger partial charge is 0.325 e. The first-order valence-corrected chi connectivity index (χ1v) is 5.55. The van der Waals surface area contributed by atoms with Crippen LogP contribution in [0.15, 0.2) is 18.3 Å². The molecule has 1 rings (SSSR count). The van der Waals surface area contributed by atoms with Crippen molar-refractivity contribution >= 4 is 23.2 Å². The highest BCUT2D eigenvalue weighted by Crippen LogP contribution is 2.11. The summed E-state index contributed by atoms with van der Waals surface area (Å²) in [5.74, 6) is 0.635. The van der Waals surface area contributed by atoms with Gasteiger partial charge in [-0.05, 0) is 31.9 Å². The predicted molar refractivity (Wildman–Crippen MR) is 62.2 cm³/mol. The molecule has 1 amide bonds. The maximum Gasteiger partial charge on any atom is 0.224 e. The summed E-state index contributed by atoms with van der Waals surface area (Å²) in [4.78, 5) is 15.6. The summed E-state index contributed by atoms with van der Waals surface area (Å²) in [5.41, 5.74) is 1.62. The monoisotopic (exact) mass is 226 g/mol. The van der Waals surface area contributed by atoms with Gasteiger partial charge in [-0.2, -0.15) is 0 Å². The lowest BCUT2D eigenvalue weighted by Crippen LogP contribution is -2.12. The van der Waals surface area contributed by atoms with Crippen LogP contribution in [0.5, 0.6) is 0 Å². The fraction of sp³-hybridized carbons (Fsp3) is 0.455. The Morgan fingerprint density at radius 1 is 1.53 bits per heavy atom. The summed E-state index contributed by atoms with van der Waals surface area (Å²) < 4.78 is 0. The van der Waals surface area contributed by atoms with Crippen molar-refractivity contribution in [2.45, 2.75) is 26.2 Å². The number of pyridine rings is 1. The van der Waals surface area contributed by atoms with E-state index in [2.05, 4.69) is 10.3 Å². The van der Waals surface area contributed by atoms with Crippen molar-refractivity contribution in [2.24, 2.45) is 0 Å². The van der Waals surface area contributed by atoms with Crippen LogP contribution in [0.2, 0.25) is 0 Å². The van der Waals surface area contributed by atoms with Gasteiger partial charge >= 0.3 is 0 Å². The molecule has 1 aromatic rings. The van der Waals surface area contributed by atoms with Crippen LogP contribution >= 0.6 is 11.6 Å². The molecule has 0 unspecified atom stereocenters. The van der Waals surface area contributed by atoms with Gasteiger partial charge in [-0.3, -0.25) is 9.78 Å². The Bertz CT molecular complexity index is 328. The van der Waals surface area contributed by atoms with Crippen LogP contribution < -0.4 is 5.32 Å². The molecule has 0 aliphatic rings. The fourth-order valence-electron chi connectivity index (χ4n) is 1.21. The van der Waals surface area contributed by atoms with E-state index >= 15 is 0 Å². The zero-order valence-electron chi connectivity index (χ0n) is 8.79. The topological polar surface area (TPSA) is 42.0 Å². The van der Waals surface area contributed by atoms with Gasteiger partial charge in [0.2, 0.25) is 5.91 Å². The van der Waals surface area contributed by atoms with Crippen molar-refractivity contribution in [3.05, 3.63) is 24.0 Å². The Kier molecular flexibility index (Phi) is 5.12. The molecule has 1 heterocycles. The maximum atomic E-state index is 11.5. The van der Waals surface area contributed by atoms with E-state index in [9.17, 15) is 4.79 Å². The van der Waals surface area contributed by atoms with E-state index in [0.717, 1.165) is 24.2 Å². The minimum atomic E-state index is 0.0243. The van der Waals surface area contributed by atoms with Crippen molar-refractivity contribution in [1.29, 1.82) is 0 Å². The molecule has 0 saturated heterocycles. The molecule has 0 saturated carbocycles. The van der Waals surface area contributed by atoms with Crippen molar-refractivity contribution in [3.8, 4) is 0 Å². The summed E-state index contributed by atoms with van der Waals surface area (Å²) in [7, 11) is 0.